The first-order valence-electron chi connectivity index (χ1n) is 7.03. The van der Waals surface area contributed by atoms with Gasteiger partial charge in [0.25, 0.3) is 0 Å². The van der Waals surface area contributed by atoms with Gasteiger partial charge in [-0.2, -0.15) is 0 Å². The Morgan fingerprint density at radius 2 is 1.17 bits per heavy atom. The van der Waals surface area contributed by atoms with Gasteiger partial charge in [-0.25, -0.2) is 0 Å². The number of nitrogens with zero attached hydrogens (tertiary/aromatic N) is 1. The third-order valence-corrected chi connectivity index (χ3v) is 3.15. The van der Waals surface area contributed by atoms with Gasteiger partial charge in [0.2, 0.25) is 0 Å². The molecule has 0 radical (unpaired) electrons. The van der Waals surface area contributed by atoms with Crippen LogP contribution < -0.4 is 4.48 Å². The van der Waals surface area contributed by atoms with E-state index in [2.05, 4.69) is 75.6 Å². The fourth-order valence-electron chi connectivity index (χ4n) is 2.07. The molecule has 0 saturated carbocycles. The molecule has 0 fully saturated rings. The summed E-state index contributed by atoms with van der Waals surface area (Å²) in [4.78, 5) is 0. The zero-order valence-electron chi connectivity index (χ0n) is 13.6. The molecule has 0 unspecified atom stereocenters. The molecular weight excluding hydrogens is 351 g/mol. The van der Waals surface area contributed by atoms with Crippen molar-refractivity contribution in [1.29, 1.82) is 0 Å². The van der Waals surface area contributed by atoms with Crippen LogP contribution in [0.1, 0.15) is 11.1 Å². The molecule has 8 heteroatoms. The second kappa shape index (κ2) is 6.05. The maximum atomic E-state index is 9.87. The first kappa shape index (κ1) is 20.5. The van der Waals surface area contributed by atoms with Crippen LogP contribution in [0, 0.1) is 6.92 Å². The van der Waals surface area contributed by atoms with Crippen LogP contribution in [-0.4, -0.2) is 14.1 Å². The number of para-hydroxylation sites is 1. The molecule has 0 N–H and O–H groups in total. The van der Waals surface area contributed by atoms with Crippen LogP contribution in [0.2, 0.25) is 0 Å². The minimum absolute atomic E-state index is 0.879. The van der Waals surface area contributed by atoms with Gasteiger partial charge in [0.15, 0.2) is 0 Å². The first-order valence-corrected chi connectivity index (χ1v) is 9.06. The quantitative estimate of drug-likeness (QED) is 0.305. The molecular formula is C16H20F6NP. The molecule has 1 nitrogen and oxygen atoms in total. The molecule has 0 amide bonds. The molecule has 0 saturated heterocycles. The summed E-state index contributed by atoms with van der Waals surface area (Å²) in [6.07, 6.45) is 0. The van der Waals surface area contributed by atoms with Crippen molar-refractivity contribution in [3.63, 3.8) is 0 Å². The molecule has 2 aromatic rings. The summed E-state index contributed by atoms with van der Waals surface area (Å²) in [6, 6.07) is 19.4. The second-order valence-corrected chi connectivity index (χ2v) is 8.04. The van der Waals surface area contributed by atoms with Crippen LogP contribution in [0.5, 0.6) is 0 Å². The monoisotopic (exact) mass is 371 g/mol. The van der Waals surface area contributed by atoms with E-state index in [-0.39, 0.29) is 0 Å². The third-order valence-electron chi connectivity index (χ3n) is 3.15. The summed E-state index contributed by atoms with van der Waals surface area (Å²) in [5, 5.41) is 0. The van der Waals surface area contributed by atoms with Crippen molar-refractivity contribution in [2.75, 3.05) is 14.1 Å². The van der Waals surface area contributed by atoms with Crippen LogP contribution in [0.3, 0.4) is 0 Å². The maximum absolute atomic E-state index is 10.7. The number of quaternary nitrogens is 1. The Hall–Kier alpha value is -1.59. The number of halogens is 6. The van der Waals surface area contributed by atoms with Gasteiger partial charge in [-0.05, 0) is 19.1 Å². The van der Waals surface area contributed by atoms with Gasteiger partial charge in [0.1, 0.15) is 12.2 Å². The van der Waals surface area contributed by atoms with Gasteiger partial charge in [-0.15, -0.1) is 0 Å². The molecule has 136 valence electrons. The molecule has 2 aromatic carbocycles. The van der Waals surface area contributed by atoms with Crippen molar-refractivity contribution >= 4 is 13.5 Å². The Bertz CT molecular complexity index is 652. The Kier molecular flexibility index (Phi) is 5.15. The van der Waals surface area contributed by atoms with E-state index in [4.69, 9.17) is 0 Å². The van der Waals surface area contributed by atoms with Crippen molar-refractivity contribution in [2.24, 2.45) is 0 Å². The van der Waals surface area contributed by atoms with E-state index < -0.39 is 7.81 Å². The van der Waals surface area contributed by atoms with Crippen LogP contribution in [-0.2, 0) is 6.54 Å². The fraction of sp³-hybridized carbons (Fsp3) is 0.250. The Morgan fingerprint density at radius 3 is 1.58 bits per heavy atom. The van der Waals surface area contributed by atoms with Crippen molar-refractivity contribution in [1.82, 2.24) is 4.48 Å². The predicted octanol–water partition coefficient (Wildman–Crippen LogP) is 7.14. The summed E-state index contributed by atoms with van der Waals surface area (Å²) >= 11 is 0. The molecule has 24 heavy (non-hydrogen) atoms. The first-order chi connectivity index (χ1) is 10.5. The molecule has 0 atom stereocenters. The molecule has 0 aromatic heterocycles. The van der Waals surface area contributed by atoms with Crippen LogP contribution in [0.25, 0.3) is 0 Å². The van der Waals surface area contributed by atoms with Crippen molar-refractivity contribution in [3.8, 4) is 0 Å². The standard InChI is InChI=1S/C16H20N.F6P/c1-14-9-11-15(12-10-14)13-17(2,3)16-7-5-4-6-8-16;1-7(2,3,4,5)6/h4-12H,13H2,1-3H3;/q+1;-1. The number of hydrogen-bond acceptors (Lipinski definition) is 0. The summed E-state index contributed by atoms with van der Waals surface area (Å²) in [7, 11) is -6.17. The van der Waals surface area contributed by atoms with E-state index in [1.807, 2.05) is 0 Å². The van der Waals surface area contributed by atoms with Gasteiger partial charge >= 0.3 is 33.0 Å². The Labute approximate surface area is 137 Å². The molecule has 2 rings (SSSR count). The molecule has 0 bridgehead atoms. The third kappa shape index (κ3) is 10.2. The number of hydrogen-bond donors (Lipinski definition) is 0. The molecule has 0 spiro atoms. The van der Waals surface area contributed by atoms with Gasteiger partial charge in [-0.3, -0.25) is 4.48 Å². The fourth-order valence-corrected chi connectivity index (χ4v) is 2.07. The van der Waals surface area contributed by atoms with Gasteiger partial charge in [0.05, 0.1) is 14.1 Å². The molecule has 0 aliphatic rings. The average molecular weight is 371 g/mol. The zero-order valence-corrected chi connectivity index (χ0v) is 14.5. The van der Waals surface area contributed by atoms with E-state index in [1.165, 1.54) is 16.8 Å². The zero-order chi connectivity index (χ0) is 18.7. The minimum atomic E-state index is -10.7. The van der Waals surface area contributed by atoms with Crippen LogP contribution in [0.15, 0.2) is 54.6 Å². The molecule has 0 aliphatic heterocycles. The summed E-state index contributed by atoms with van der Waals surface area (Å²) in [5.41, 5.74) is 4.04. The molecule has 0 heterocycles. The van der Waals surface area contributed by atoms with Crippen molar-refractivity contribution < 1.29 is 25.2 Å². The summed E-state index contributed by atoms with van der Waals surface area (Å²) in [5.74, 6) is 0. The van der Waals surface area contributed by atoms with E-state index >= 15 is 0 Å². The van der Waals surface area contributed by atoms with Gasteiger partial charge < -0.3 is 0 Å². The molecule has 0 aliphatic carbocycles. The number of benzene rings is 2. The van der Waals surface area contributed by atoms with E-state index in [0.717, 1.165) is 11.0 Å². The van der Waals surface area contributed by atoms with E-state index in [1.54, 1.807) is 0 Å². The van der Waals surface area contributed by atoms with Gasteiger partial charge in [0, 0.05) is 5.56 Å². The predicted molar refractivity (Wildman–Crippen MR) is 88.5 cm³/mol. The average Bonchev–Trinajstić information content (AvgIpc) is 2.39. The van der Waals surface area contributed by atoms with Crippen molar-refractivity contribution in [2.45, 2.75) is 13.5 Å². The van der Waals surface area contributed by atoms with Gasteiger partial charge in [-0.1, -0.05) is 48.0 Å². The van der Waals surface area contributed by atoms with Crippen molar-refractivity contribution in [3.05, 3.63) is 65.7 Å². The summed E-state index contributed by atoms with van der Waals surface area (Å²) in [6.45, 7) is 3.14. The number of aryl methyl sites for hydroxylation is 1. The topological polar surface area (TPSA) is 0 Å². The van der Waals surface area contributed by atoms with Crippen LogP contribution >= 0.6 is 7.81 Å². The van der Waals surface area contributed by atoms with E-state index in [9.17, 15) is 25.2 Å². The Morgan fingerprint density at radius 1 is 0.750 bits per heavy atom. The number of rotatable bonds is 3. The second-order valence-electron chi connectivity index (χ2n) is 6.12. The van der Waals surface area contributed by atoms with Crippen LogP contribution in [0.4, 0.5) is 30.9 Å². The van der Waals surface area contributed by atoms with E-state index in [0.29, 0.717) is 0 Å². The summed E-state index contributed by atoms with van der Waals surface area (Å²) < 4.78 is 60.1. The Balaban J connectivity index is 0.000000351. The SMILES string of the molecule is Cc1ccc(C[N+](C)(C)c2ccccc2)cc1.F[P-](F)(F)(F)(F)F. The normalized spacial score (nSPS) is 14.9.